The molecule has 0 aromatic carbocycles. The Kier molecular flexibility index (Phi) is 8.65. The van der Waals surface area contributed by atoms with Gasteiger partial charge in [0.1, 0.15) is 6.10 Å². The van der Waals surface area contributed by atoms with E-state index in [9.17, 15) is 9.90 Å². The molecule has 2 rings (SSSR count). The Hall–Kier alpha value is -1.17. The van der Waals surface area contributed by atoms with Gasteiger partial charge in [-0.3, -0.25) is 4.79 Å². The highest BCUT2D eigenvalue weighted by Gasteiger charge is 2.49. The summed E-state index contributed by atoms with van der Waals surface area (Å²) in [6.07, 6.45) is 15.8. The molecule has 1 aliphatic heterocycles. The molecule has 0 radical (unpaired) electrons. The number of hydrogen-bond donors (Lipinski definition) is 2. The van der Waals surface area contributed by atoms with Gasteiger partial charge in [0, 0.05) is 24.7 Å². The molecule has 2 N–H and O–H groups in total. The van der Waals surface area contributed by atoms with Gasteiger partial charge >= 0.3 is 5.97 Å². The zero-order chi connectivity index (χ0) is 18.1. The number of carboxylic acid groups (broad SMARTS) is 1. The van der Waals surface area contributed by atoms with Crippen molar-refractivity contribution in [2.45, 2.75) is 83.0 Å². The SMILES string of the molecule is CCCCC[C@H](O)/C=C/C1C2CC(OO2)C1C/C=C\CCCC(=O)O. The number of unbranched alkanes of at least 4 members (excludes halogenated alkanes) is 3. The van der Waals surface area contributed by atoms with E-state index in [0.717, 1.165) is 44.9 Å². The Bertz CT molecular complexity index is 459. The number of hydrogen-bond acceptors (Lipinski definition) is 4. The molecule has 25 heavy (non-hydrogen) atoms. The van der Waals surface area contributed by atoms with E-state index >= 15 is 0 Å². The van der Waals surface area contributed by atoms with Gasteiger partial charge in [-0.05, 0) is 25.7 Å². The van der Waals surface area contributed by atoms with E-state index in [-0.39, 0.29) is 30.7 Å². The smallest absolute Gasteiger partial charge is 0.303 e. The Morgan fingerprint density at radius 1 is 1.20 bits per heavy atom. The lowest BCUT2D eigenvalue weighted by Gasteiger charge is -2.27. The van der Waals surface area contributed by atoms with Crippen molar-refractivity contribution in [3.63, 3.8) is 0 Å². The standard InChI is InChI=1S/C20H32O5/c1-2-3-6-9-15(21)12-13-17-16(18-14-19(17)25-24-18)10-7-4-5-8-11-20(22)23/h4,7,12-13,15-19,21H,2-3,5-6,8-11,14H2,1H3,(H,22,23)/b7-4-,13-12+/t15-,16?,17?,18?,19?/m0/s1. The highest BCUT2D eigenvalue weighted by atomic mass is 17.2. The maximum atomic E-state index is 10.5. The molecule has 2 aliphatic rings. The first kappa shape index (κ1) is 20.1. The van der Waals surface area contributed by atoms with Gasteiger partial charge in [0.25, 0.3) is 0 Å². The minimum Gasteiger partial charge on any atom is -0.481 e. The maximum absolute atomic E-state index is 10.5. The first-order valence-electron chi connectivity index (χ1n) is 9.67. The van der Waals surface area contributed by atoms with Crippen molar-refractivity contribution in [3.05, 3.63) is 24.3 Å². The van der Waals surface area contributed by atoms with Gasteiger partial charge in [-0.25, -0.2) is 9.78 Å². The van der Waals surface area contributed by atoms with Crippen LogP contribution in [0.15, 0.2) is 24.3 Å². The fourth-order valence-corrected chi connectivity index (χ4v) is 3.72. The number of aliphatic hydroxyl groups is 1. The van der Waals surface area contributed by atoms with Gasteiger partial charge in [-0.15, -0.1) is 0 Å². The lowest BCUT2D eigenvalue weighted by molar-refractivity contribution is -0.336. The van der Waals surface area contributed by atoms with Crippen LogP contribution in [0.25, 0.3) is 0 Å². The fourth-order valence-electron chi connectivity index (χ4n) is 3.72. The number of aliphatic carboxylic acids is 1. The summed E-state index contributed by atoms with van der Waals surface area (Å²) in [5, 5.41) is 18.7. The molecule has 0 amide bonds. The molecule has 1 saturated carbocycles. The van der Waals surface area contributed by atoms with Crippen LogP contribution in [0, 0.1) is 11.8 Å². The summed E-state index contributed by atoms with van der Waals surface area (Å²) in [7, 11) is 0. The second kappa shape index (κ2) is 10.7. The molecule has 0 aromatic rings. The third-order valence-electron chi connectivity index (χ3n) is 5.16. The molecule has 0 aromatic heterocycles. The summed E-state index contributed by atoms with van der Waals surface area (Å²) >= 11 is 0. The highest BCUT2D eigenvalue weighted by molar-refractivity contribution is 5.66. The van der Waals surface area contributed by atoms with Crippen LogP contribution in [0.3, 0.4) is 0 Å². The molecule has 1 heterocycles. The Balaban J connectivity index is 1.78. The van der Waals surface area contributed by atoms with Crippen molar-refractivity contribution < 1.29 is 24.8 Å². The van der Waals surface area contributed by atoms with Gasteiger partial charge in [-0.1, -0.05) is 50.5 Å². The van der Waals surface area contributed by atoms with E-state index in [0.29, 0.717) is 12.3 Å². The van der Waals surface area contributed by atoms with Gasteiger partial charge in [-0.2, -0.15) is 0 Å². The van der Waals surface area contributed by atoms with E-state index < -0.39 is 5.97 Å². The van der Waals surface area contributed by atoms with Gasteiger partial charge in [0.05, 0.1) is 12.2 Å². The monoisotopic (exact) mass is 352 g/mol. The minimum atomic E-state index is -0.741. The number of carbonyl (C=O) groups is 1. The Labute approximate surface area is 150 Å². The minimum absolute atomic E-state index is 0.0921. The van der Waals surface area contributed by atoms with Crippen molar-refractivity contribution in [1.29, 1.82) is 0 Å². The highest BCUT2D eigenvalue weighted by Crippen LogP contribution is 2.44. The van der Waals surface area contributed by atoms with Crippen molar-refractivity contribution in [2.24, 2.45) is 11.8 Å². The summed E-state index contributed by atoms with van der Waals surface area (Å²) in [5.74, 6) is -0.0912. The molecular formula is C20H32O5. The van der Waals surface area contributed by atoms with E-state index in [1.165, 1.54) is 0 Å². The molecule has 0 spiro atoms. The fraction of sp³-hybridized carbons (Fsp3) is 0.750. The Morgan fingerprint density at radius 2 is 2.00 bits per heavy atom. The molecule has 1 saturated heterocycles. The third kappa shape index (κ3) is 6.57. The van der Waals surface area contributed by atoms with Crippen molar-refractivity contribution in [1.82, 2.24) is 0 Å². The van der Waals surface area contributed by atoms with E-state index in [2.05, 4.69) is 25.2 Å². The molecule has 142 valence electrons. The lowest BCUT2D eigenvalue weighted by Crippen LogP contribution is -2.28. The quantitative estimate of drug-likeness (QED) is 0.315. The van der Waals surface area contributed by atoms with E-state index in [1.54, 1.807) is 0 Å². The number of fused-ring (bicyclic) bond motifs is 2. The van der Waals surface area contributed by atoms with Crippen LogP contribution in [0.1, 0.15) is 64.7 Å². The molecule has 2 bridgehead atoms. The number of rotatable bonds is 12. The largest absolute Gasteiger partial charge is 0.481 e. The first-order valence-corrected chi connectivity index (χ1v) is 9.67. The average Bonchev–Trinajstić information content (AvgIpc) is 3.17. The summed E-state index contributed by atoms with van der Waals surface area (Å²) < 4.78 is 0. The molecular weight excluding hydrogens is 320 g/mol. The average molecular weight is 352 g/mol. The van der Waals surface area contributed by atoms with Crippen LogP contribution >= 0.6 is 0 Å². The summed E-state index contributed by atoms with van der Waals surface area (Å²) in [5.41, 5.74) is 0. The van der Waals surface area contributed by atoms with E-state index in [4.69, 9.17) is 14.9 Å². The molecule has 5 atom stereocenters. The predicted octanol–water partition coefficient (Wildman–Crippen LogP) is 4.02. The predicted molar refractivity (Wildman–Crippen MR) is 95.9 cm³/mol. The van der Waals surface area contributed by atoms with Gasteiger partial charge < -0.3 is 10.2 Å². The van der Waals surface area contributed by atoms with Crippen molar-refractivity contribution in [2.75, 3.05) is 0 Å². The lowest BCUT2D eigenvalue weighted by atomic mass is 9.89. The van der Waals surface area contributed by atoms with Crippen LogP contribution in [0.4, 0.5) is 0 Å². The summed E-state index contributed by atoms with van der Waals surface area (Å²) in [4.78, 5) is 21.3. The van der Waals surface area contributed by atoms with Gasteiger partial charge in [0.15, 0.2) is 0 Å². The molecule has 5 heteroatoms. The summed E-state index contributed by atoms with van der Waals surface area (Å²) in [6.45, 7) is 2.16. The van der Waals surface area contributed by atoms with Crippen LogP contribution in [0.5, 0.6) is 0 Å². The topological polar surface area (TPSA) is 76.0 Å². The molecule has 1 aliphatic carbocycles. The number of carboxylic acids is 1. The van der Waals surface area contributed by atoms with Crippen LogP contribution in [-0.2, 0) is 14.6 Å². The van der Waals surface area contributed by atoms with Crippen LogP contribution in [0.2, 0.25) is 0 Å². The van der Waals surface area contributed by atoms with Crippen molar-refractivity contribution >= 4 is 5.97 Å². The first-order chi connectivity index (χ1) is 12.1. The zero-order valence-electron chi connectivity index (χ0n) is 15.2. The van der Waals surface area contributed by atoms with Crippen LogP contribution in [-0.4, -0.2) is 34.5 Å². The molecule has 4 unspecified atom stereocenters. The second-order valence-corrected chi connectivity index (χ2v) is 7.19. The second-order valence-electron chi connectivity index (χ2n) is 7.19. The third-order valence-corrected chi connectivity index (χ3v) is 5.16. The van der Waals surface area contributed by atoms with Crippen LogP contribution < -0.4 is 0 Å². The zero-order valence-corrected chi connectivity index (χ0v) is 15.2. The molecule has 5 nitrogen and oxygen atoms in total. The van der Waals surface area contributed by atoms with Gasteiger partial charge in [0.2, 0.25) is 0 Å². The number of allylic oxidation sites excluding steroid dienone is 2. The van der Waals surface area contributed by atoms with Crippen molar-refractivity contribution in [3.8, 4) is 0 Å². The maximum Gasteiger partial charge on any atom is 0.303 e. The summed E-state index contributed by atoms with van der Waals surface area (Å²) in [6, 6.07) is 0. The Morgan fingerprint density at radius 3 is 2.76 bits per heavy atom. The number of aliphatic hydroxyl groups excluding tert-OH is 1. The normalized spacial score (nSPS) is 29.8. The van der Waals surface area contributed by atoms with E-state index in [1.807, 2.05) is 6.08 Å². The molecule has 2 fully saturated rings.